The van der Waals surface area contributed by atoms with E-state index in [2.05, 4.69) is 36.3 Å². The average Bonchev–Trinajstić information content (AvgIpc) is 2.94. The van der Waals surface area contributed by atoms with Gasteiger partial charge in [-0.3, -0.25) is 9.78 Å². The maximum atomic E-state index is 13.4. The fourth-order valence-corrected chi connectivity index (χ4v) is 5.23. The number of pyridine rings is 1. The van der Waals surface area contributed by atoms with Crippen LogP contribution in [0, 0.1) is 20.8 Å². The summed E-state index contributed by atoms with van der Waals surface area (Å²) in [7, 11) is 0. The second-order valence-corrected chi connectivity index (χ2v) is 10.6. The van der Waals surface area contributed by atoms with Crippen LogP contribution in [0.2, 0.25) is 10.0 Å². The number of aromatic nitrogens is 1. The normalized spacial score (nSPS) is 11.6. The topological polar surface area (TPSA) is 60.5 Å². The van der Waals surface area contributed by atoms with Crippen LogP contribution in [-0.2, 0) is 17.8 Å². The van der Waals surface area contributed by atoms with Crippen LogP contribution in [0.4, 0.5) is 0 Å². The number of halogens is 2. The Morgan fingerprint density at radius 2 is 1.62 bits per heavy atom. The summed E-state index contributed by atoms with van der Waals surface area (Å²) in [6.45, 7) is 7.19. The molecule has 0 spiro atoms. The summed E-state index contributed by atoms with van der Waals surface area (Å²) in [5.41, 5.74) is 6.39. The summed E-state index contributed by atoms with van der Waals surface area (Å²) in [6.07, 6.45) is 3.12. The standard InChI is InChI=1S/C33H34Cl2N2O3/c1-22-19-30(34)32(31(35)20-22)40-18-17-39-28-13-10-25(11-14-28)29(15-12-27-9-4-5-16-36-27)33(38)37-21-26-8-6-7-23(2)24(26)3/h4-11,13-14,16,19-20,29H,12,15,17-18,21H2,1-3H3,(H,37,38). The fraction of sp³-hybridized carbons (Fsp3) is 0.273. The minimum atomic E-state index is -0.324. The predicted octanol–water partition coefficient (Wildman–Crippen LogP) is 7.80. The highest BCUT2D eigenvalue weighted by Gasteiger charge is 2.21. The molecule has 208 valence electrons. The maximum Gasteiger partial charge on any atom is 0.227 e. The zero-order valence-electron chi connectivity index (χ0n) is 23.0. The molecule has 7 heteroatoms. The first kappa shape index (κ1) is 29.4. The molecule has 1 amide bonds. The molecule has 3 aromatic carbocycles. The van der Waals surface area contributed by atoms with Gasteiger partial charge in [-0.2, -0.15) is 0 Å². The molecule has 40 heavy (non-hydrogen) atoms. The second kappa shape index (κ2) is 14.2. The zero-order valence-corrected chi connectivity index (χ0v) is 24.6. The Morgan fingerprint density at radius 1 is 0.900 bits per heavy atom. The van der Waals surface area contributed by atoms with Crippen molar-refractivity contribution in [1.29, 1.82) is 0 Å². The van der Waals surface area contributed by atoms with Gasteiger partial charge in [-0.15, -0.1) is 0 Å². The Hall–Kier alpha value is -3.54. The quantitative estimate of drug-likeness (QED) is 0.175. The first-order chi connectivity index (χ1) is 19.3. The molecule has 0 aliphatic rings. The van der Waals surface area contributed by atoms with Gasteiger partial charge in [0.1, 0.15) is 19.0 Å². The van der Waals surface area contributed by atoms with E-state index >= 15 is 0 Å². The third kappa shape index (κ3) is 8.00. The van der Waals surface area contributed by atoms with E-state index in [1.54, 1.807) is 6.20 Å². The Balaban J connectivity index is 1.39. The number of rotatable bonds is 12. The molecule has 0 radical (unpaired) electrons. The van der Waals surface area contributed by atoms with Gasteiger partial charge in [0.05, 0.1) is 16.0 Å². The lowest BCUT2D eigenvalue weighted by Gasteiger charge is -2.19. The molecule has 1 N–H and O–H groups in total. The van der Waals surface area contributed by atoms with Crippen LogP contribution in [-0.4, -0.2) is 24.1 Å². The van der Waals surface area contributed by atoms with Crippen molar-refractivity contribution in [3.8, 4) is 11.5 Å². The number of hydrogen-bond donors (Lipinski definition) is 1. The number of nitrogens with zero attached hydrogens (tertiary/aromatic N) is 1. The number of benzene rings is 3. The van der Waals surface area contributed by atoms with Crippen LogP contribution < -0.4 is 14.8 Å². The number of carbonyl (C=O) groups excluding carboxylic acids is 1. The monoisotopic (exact) mass is 576 g/mol. The third-order valence-corrected chi connectivity index (χ3v) is 7.49. The summed E-state index contributed by atoms with van der Waals surface area (Å²) in [4.78, 5) is 17.9. The molecule has 0 saturated carbocycles. The van der Waals surface area contributed by atoms with Gasteiger partial charge in [0.15, 0.2) is 5.75 Å². The van der Waals surface area contributed by atoms with Crippen molar-refractivity contribution in [1.82, 2.24) is 10.3 Å². The van der Waals surface area contributed by atoms with Crippen molar-refractivity contribution in [3.05, 3.63) is 123 Å². The molecule has 0 fully saturated rings. The number of ether oxygens (including phenoxy) is 2. The first-order valence-corrected chi connectivity index (χ1v) is 14.1. The third-order valence-electron chi connectivity index (χ3n) is 6.93. The molecule has 0 aliphatic carbocycles. The van der Waals surface area contributed by atoms with Gasteiger partial charge >= 0.3 is 0 Å². The highest BCUT2D eigenvalue weighted by atomic mass is 35.5. The van der Waals surface area contributed by atoms with Crippen molar-refractivity contribution in [2.75, 3.05) is 13.2 Å². The Morgan fingerprint density at radius 3 is 2.33 bits per heavy atom. The number of amides is 1. The Labute approximate surface area is 246 Å². The van der Waals surface area contributed by atoms with Gasteiger partial charge in [0.2, 0.25) is 5.91 Å². The van der Waals surface area contributed by atoms with Crippen molar-refractivity contribution >= 4 is 29.1 Å². The van der Waals surface area contributed by atoms with E-state index in [-0.39, 0.29) is 18.4 Å². The highest BCUT2D eigenvalue weighted by molar-refractivity contribution is 6.37. The average molecular weight is 578 g/mol. The molecule has 0 aliphatic heterocycles. The van der Waals surface area contributed by atoms with E-state index in [4.69, 9.17) is 32.7 Å². The number of carbonyl (C=O) groups is 1. The van der Waals surface area contributed by atoms with Crippen molar-refractivity contribution in [3.63, 3.8) is 0 Å². The molecule has 1 heterocycles. The van der Waals surface area contributed by atoms with Gasteiger partial charge in [-0.1, -0.05) is 59.6 Å². The van der Waals surface area contributed by atoms with Crippen LogP contribution in [0.5, 0.6) is 11.5 Å². The van der Waals surface area contributed by atoms with E-state index in [0.29, 0.717) is 47.5 Å². The SMILES string of the molecule is Cc1cc(Cl)c(OCCOc2ccc(C(CCc3ccccn3)C(=O)NCc3cccc(C)c3C)cc2)c(Cl)c1. The largest absolute Gasteiger partial charge is 0.490 e. The predicted molar refractivity (Wildman–Crippen MR) is 162 cm³/mol. The molecule has 1 atom stereocenters. The van der Waals surface area contributed by atoms with Crippen molar-refractivity contribution in [2.24, 2.45) is 0 Å². The summed E-state index contributed by atoms with van der Waals surface area (Å²) in [6, 6.07) is 23.3. The minimum Gasteiger partial charge on any atom is -0.490 e. The van der Waals surface area contributed by atoms with Crippen LogP contribution in [0.15, 0.2) is 79.0 Å². The lowest BCUT2D eigenvalue weighted by molar-refractivity contribution is -0.122. The van der Waals surface area contributed by atoms with Gasteiger partial charge in [0, 0.05) is 18.4 Å². The summed E-state index contributed by atoms with van der Waals surface area (Å²) in [5, 5.41) is 4.11. The number of nitrogens with one attached hydrogen (secondary N) is 1. The van der Waals surface area contributed by atoms with E-state index in [1.807, 2.05) is 67.6 Å². The van der Waals surface area contributed by atoms with Crippen molar-refractivity contribution < 1.29 is 14.3 Å². The molecule has 0 bridgehead atoms. The Bertz CT molecular complexity index is 1400. The van der Waals surface area contributed by atoms with Gasteiger partial charge in [0.25, 0.3) is 0 Å². The van der Waals surface area contributed by atoms with Gasteiger partial charge < -0.3 is 14.8 Å². The van der Waals surface area contributed by atoms with Crippen molar-refractivity contribution in [2.45, 2.75) is 46.1 Å². The van der Waals surface area contributed by atoms with E-state index in [9.17, 15) is 4.79 Å². The second-order valence-electron chi connectivity index (χ2n) is 9.81. The van der Waals surface area contributed by atoms with E-state index in [0.717, 1.165) is 22.4 Å². The molecule has 1 aromatic heterocycles. The molecular weight excluding hydrogens is 543 g/mol. The summed E-state index contributed by atoms with van der Waals surface area (Å²) >= 11 is 12.5. The zero-order chi connectivity index (χ0) is 28.5. The molecule has 0 saturated heterocycles. The minimum absolute atomic E-state index is 0.00855. The molecule has 5 nitrogen and oxygen atoms in total. The van der Waals surface area contributed by atoms with E-state index in [1.165, 1.54) is 11.1 Å². The lowest BCUT2D eigenvalue weighted by atomic mass is 9.92. The van der Waals surface area contributed by atoms with Crippen LogP contribution in [0.1, 0.15) is 45.8 Å². The molecule has 4 aromatic rings. The van der Waals surface area contributed by atoms with E-state index < -0.39 is 0 Å². The summed E-state index contributed by atoms with van der Waals surface area (Å²) in [5.74, 6) is 0.810. The summed E-state index contributed by atoms with van der Waals surface area (Å²) < 4.78 is 11.6. The maximum absolute atomic E-state index is 13.4. The molecule has 1 unspecified atom stereocenters. The highest BCUT2D eigenvalue weighted by Crippen LogP contribution is 2.34. The van der Waals surface area contributed by atoms with Crippen LogP contribution >= 0.6 is 23.2 Å². The number of aryl methyl sites for hydroxylation is 3. The number of hydrogen-bond acceptors (Lipinski definition) is 4. The van der Waals surface area contributed by atoms with Crippen LogP contribution in [0.25, 0.3) is 0 Å². The fourth-order valence-electron chi connectivity index (χ4n) is 4.52. The lowest BCUT2D eigenvalue weighted by Crippen LogP contribution is -2.29. The smallest absolute Gasteiger partial charge is 0.227 e. The van der Waals surface area contributed by atoms with Gasteiger partial charge in [-0.05, 0) is 97.8 Å². The van der Waals surface area contributed by atoms with Crippen LogP contribution in [0.3, 0.4) is 0 Å². The first-order valence-electron chi connectivity index (χ1n) is 13.4. The molecular formula is C33H34Cl2N2O3. The molecule has 4 rings (SSSR count). The van der Waals surface area contributed by atoms with Gasteiger partial charge in [-0.25, -0.2) is 0 Å². The Kier molecular flexibility index (Phi) is 10.5.